The summed E-state index contributed by atoms with van der Waals surface area (Å²) in [6.45, 7) is 6.85. The lowest BCUT2D eigenvalue weighted by Gasteiger charge is -2.46. The fourth-order valence-corrected chi connectivity index (χ4v) is 3.67. The Morgan fingerprint density at radius 1 is 1.21 bits per heavy atom. The zero-order chi connectivity index (χ0) is 13.3. The van der Waals surface area contributed by atoms with Crippen molar-refractivity contribution in [2.24, 2.45) is 0 Å². The molecule has 1 heterocycles. The van der Waals surface area contributed by atoms with Crippen LogP contribution in [0.5, 0.6) is 0 Å². The number of aryl methyl sites for hydroxylation is 1. The van der Waals surface area contributed by atoms with E-state index < -0.39 is 0 Å². The topological polar surface area (TPSA) is 15.3 Å². The highest BCUT2D eigenvalue weighted by Crippen LogP contribution is 2.35. The van der Waals surface area contributed by atoms with Crippen LogP contribution in [0.25, 0.3) is 0 Å². The Morgan fingerprint density at radius 2 is 1.89 bits per heavy atom. The second kappa shape index (κ2) is 5.16. The van der Waals surface area contributed by atoms with E-state index in [0.717, 1.165) is 13.0 Å². The molecule has 0 aromatic heterocycles. The van der Waals surface area contributed by atoms with Crippen molar-refractivity contribution in [1.29, 1.82) is 0 Å². The summed E-state index contributed by atoms with van der Waals surface area (Å²) < 4.78 is 0. The lowest BCUT2D eigenvalue weighted by molar-refractivity contribution is 0.276. The predicted octanol–water partition coefficient (Wildman–Crippen LogP) is 3.36. The minimum absolute atomic E-state index is 0.399. The molecule has 1 saturated heterocycles. The highest BCUT2D eigenvalue weighted by molar-refractivity contribution is 5.50. The molecule has 19 heavy (non-hydrogen) atoms. The number of hydrogen-bond acceptors (Lipinski definition) is 2. The van der Waals surface area contributed by atoms with Gasteiger partial charge >= 0.3 is 0 Å². The van der Waals surface area contributed by atoms with Crippen molar-refractivity contribution in [3.63, 3.8) is 0 Å². The van der Waals surface area contributed by atoms with Gasteiger partial charge in [0.1, 0.15) is 0 Å². The molecule has 1 N–H and O–H groups in total. The Hall–Kier alpha value is -1.02. The molecule has 1 aliphatic heterocycles. The summed E-state index contributed by atoms with van der Waals surface area (Å²) in [5.74, 6) is 0. The van der Waals surface area contributed by atoms with E-state index in [1.165, 1.54) is 43.5 Å². The van der Waals surface area contributed by atoms with Gasteiger partial charge in [0.25, 0.3) is 0 Å². The van der Waals surface area contributed by atoms with E-state index in [4.69, 9.17) is 0 Å². The van der Waals surface area contributed by atoms with Crippen LogP contribution >= 0.6 is 0 Å². The van der Waals surface area contributed by atoms with Crippen molar-refractivity contribution < 1.29 is 0 Å². The molecule has 0 bridgehead atoms. The quantitative estimate of drug-likeness (QED) is 0.875. The predicted molar refractivity (Wildman–Crippen MR) is 81.8 cm³/mol. The number of nitrogens with one attached hydrogen (secondary N) is 1. The first-order chi connectivity index (χ1) is 9.22. The number of rotatable bonds is 2. The van der Waals surface area contributed by atoms with Gasteiger partial charge in [-0.05, 0) is 43.9 Å². The van der Waals surface area contributed by atoms with Gasteiger partial charge < -0.3 is 10.2 Å². The lowest BCUT2D eigenvalue weighted by atomic mass is 9.92. The molecular formula is C17H26N2. The standard InChI is InChI=1S/C17H26N2/c1-3-15-6-8-16(9-7-15)19-13-17(10-4-5-11-17)18-12-14(19)2/h6-9,14,18H,3-5,10-13H2,1-2H3. The maximum atomic E-state index is 3.82. The maximum absolute atomic E-state index is 3.82. The molecule has 0 amide bonds. The van der Waals surface area contributed by atoms with Crippen molar-refractivity contribution in [3.8, 4) is 0 Å². The van der Waals surface area contributed by atoms with Gasteiger partial charge in [-0.2, -0.15) is 0 Å². The van der Waals surface area contributed by atoms with E-state index in [9.17, 15) is 0 Å². The Kier molecular flexibility index (Phi) is 3.53. The fourth-order valence-electron chi connectivity index (χ4n) is 3.67. The van der Waals surface area contributed by atoms with Crippen LogP contribution in [0.1, 0.15) is 45.1 Å². The van der Waals surface area contributed by atoms with Gasteiger partial charge in [-0.1, -0.05) is 31.9 Å². The van der Waals surface area contributed by atoms with E-state index in [1.54, 1.807) is 0 Å². The van der Waals surface area contributed by atoms with Crippen molar-refractivity contribution in [1.82, 2.24) is 5.32 Å². The summed E-state index contributed by atoms with van der Waals surface area (Å²) in [6, 6.07) is 9.78. The third kappa shape index (κ3) is 2.51. The number of piperazine rings is 1. The van der Waals surface area contributed by atoms with Crippen molar-refractivity contribution >= 4 is 5.69 Å². The Labute approximate surface area is 117 Å². The molecule has 1 aromatic rings. The van der Waals surface area contributed by atoms with E-state index >= 15 is 0 Å². The first kappa shape index (κ1) is 13.0. The van der Waals surface area contributed by atoms with E-state index in [-0.39, 0.29) is 0 Å². The highest BCUT2D eigenvalue weighted by Gasteiger charge is 2.39. The molecule has 2 aliphatic rings. The highest BCUT2D eigenvalue weighted by atomic mass is 15.3. The molecule has 1 unspecified atom stereocenters. The van der Waals surface area contributed by atoms with Crippen LogP contribution in [0.2, 0.25) is 0 Å². The van der Waals surface area contributed by atoms with Crippen LogP contribution in [0.4, 0.5) is 5.69 Å². The molecule has 1 saturated carbocycles. The summed E-state index contributed by atoms with van der Waals surface area (Å²) >= 11 is 0. The normalized spacial score (nSPS) is 26.0. The third-order valence-electron chi connectivity index (χ3n) is 5.01. The van der Waals surface area contributed by atoms with Gasteiger partial charge in [0.2, 0.25) is 0 Å². The Bertz CT molecular complexity index is 417. The minimum atomic E-state index is 0.399. The molecule has 104 valence electrons. The van der Waals surface area contributed by atoms with E-state index in [0.29, 0.717) is 11.6 Å². The van der Waals surface area contributed by atoms with Crippen LogP contribution in [-0.2, 0) is 6.42 Å². The molecule has 1 aromatic carbocycles. The van der Waals surface area contributed by atoms with Gasteiger partial charge in [0, 0.05) is 30.4 Å². The zero-order valence-corrected chi connectivity index (χ0v) is 12.3. The second-order valence-electron chi connectivity index (χ2n) is 6.37. The minimum Gasteiger partial charge on any atom is -0.366 e. The van der Waals surface area contributed by atoms with Gasteiger partial charge in [-0.15, -0.1) is 0 Å². The number of nitrogens with zero attached hydrogens (tertiary/aromatic N) is 1. The summed E-state index contributed by atoms with van der Waals surface area (Å²) in [4.78, 5) is 2.61. The first-order valence-electron chi connectivity index (χ1n) is 7.83. The monoisotopic (exact) mass is 258 g/mol. The summed E-state index contributed by atoms with van der Waals surface area (Å²) in [5, 5.41) is 3.82. The summed E-state index contributed by atoms with van der Waals surface area (Å²) in [7, 11) is 0. The molecule has 1 aliphatic carbocycles. The molecule has 2 fully saturated rings. The Morgan fingerprint density at radius 3 is 2.53 bits per heavy atom. The average molecular weight is 258 g/mol. The summed E-state index contributed by atoms with van der Waals surface area (Å²) in [5.41, 5.74) is 3.23. The third-order valence-corrected chi connectivity index (χ3v) is 5.01. The number of anilines is 1. The molecular weight excluding hydrogens is 232 g/mol. The fraction of sp³-hybridized carbons (Fsp3) is 0.647. The number of hydrogen-bond donors (Lipinski definition) is 1. The molecule has 2 heteroatoms. The van der Waals surface area contributed by atoms with Crippen LogP contribution in [-0.4, -0.2) is 24.7 Å². The molecule has 0 radical (unpaired) electrons. The van der Waals surface area contributed by atoms with Gasteiger partial charge in [0.05, 0.1) is 0 Å². The van der Waals surface area contributed by atoms with Gasteiger partial charge in [-0.3, -0.25) is 0 Å². The van der Waals surface area contributed by atoms with Gasteiger partial charge in [0.15, 0.2) is 0 Å². The molecule has 1 spiro atoms. The molecule has 2 nitrogen and oxygen atoms in total. The first-order valence-corrected chi connectivity index (χ1v) is 7.83. The molecule has 3 rings (SSSR count). The summed E-state index contributed by atoms with van der Waals surface area (Å²) in [6.07, 6.45) is 6.61. The lowest BCUT2D eigenvalue weighted by Crippen LogP contribution is -2.62. The van der Waals surface area contributed by atoms with Crippen LogP contribution < -0.4 is 10.2 Å². The smallest absolute Gasteiger partial charge is 0.0387 e. The second-order valence-corrected chi connectivity index (χ2v) is 6.37. The van der Waals surface area contributed by atoms with Gasteiger partial charge in [-0.25, -0.2) is 0 Å². The van der Waals surface area contributed by atoms with Crippen LogP contribution in [0.3, 0.4) is 0 Å². The average Bonchev–Trinajstić information content (AvgIpc) is 2.90. The van der Waals surface area contributed by atoms with E-state index in [2.05, 4.69) is 48.3 Å². The maximum Gasteiger partial charge on any atom is 0.0387 e. The SMILES string of the molecule is CCc1ccc(N2CC3(CCCC3)NCC2C)cc1. The Balaban J connectivity index is 1.80. The molecule has 1 atom stereocenters. The van der Waals surface area contributed by atoms with Crippen LogP contribution in [0, 0.1) is 0 Å². The zero-order valence-electron chi connectivity index (χ0n) is 12.3. The van der Waals surface area contributed by atoms with Crippen LogP contribution in [0.15, 0.2) is 24.3 Å². The van der Waals surface area contributed by atoms with Crippen molar-refractivity contribution in [2.45, 2.75) is 57.5 Å². The van der Waals surface area contributed by atoms with Crippen molar-refractivity contribution in [2.75, 3.05) is 18.0 Å². The van der Waals surface area contributed by atoms with Crippen molar-refractivity contribution in [3.05, 3.63) is 29.8 Å². The number of benzene rings is 1. The van der Waals surface area contributed by atoms with E-state index in [1.807, 2.05) is 0 Å². The largest absolute Gasteiger partial charge is 0.366 e.